The Balaban J connectivity index is 2.19. The Hall–Kier alpha value is -1.16. The number of hydrogen-bond donors (Lipinski definition) is 0. The Morgan fingerprint density at radius 1 is 1.41 bits per heavy atom. The van der Waals surface area contributed by atoms with Crippen molar-refractivity contribution in [1.29, 1.82) is 0 Å². The number of ether oxygens (including phenoxy) is 1. The van der Waals surface area contributed by atoms with Crippen LogP contribution in [0.15, 0.2) is 18.2 Å². The van der Waals surface area contributed by atoms with Crippen molar-refractivity contribution in [2.45, 2.75) is 18.5 Å². The standard InChI is InChI=1S/C13H17F2NO/c1-16-6-5-10(12(15)8-16)9-3-4-13(17-2)11(14)7-9/h3-4,7,10,12H,5-6,8H2,1-2H3/t10-,12+/m1/s1. The number of rotatable bonds is 2. The molecule has 0 unspecified atom stereocenters. The van der Waals surface area contributed by atoms with Gasteiger partial charge in [-0.05, 0) is 37.7 Å². The predicted octanol–water partition coefficient (Wildman–Crippen LogP) is 2.59. The fraction of sp³-hybridized carbons (Fsp3) is 0.538. The zero-order valence-electron chi connectivity index (χ0n) is 10.1. The van der Waals surface area contributed by atoms with Gasteiger partial charge in [0.15, 0.2) is 11.6 Å². The Bertz CT molecular complexity index is 397. The molecule has 2 rings (SSSR count). The SMILES string of the molecule is COc1ccc([C@H]2CCN(C)C[C@@H]2F)cc1F. The van der Waals surface area contributed by atoms with Crippen LogP contribution in [0.25, 0.3) is 0 Å². The molecule has 1 aliphatic heterocycles. The van der Waals surface area contributed by atoms with Crippen molar-refractivity contribution in [3.8, 4) is 5.75 Å². The van der Waals surface area contributed by atoms with Gasteiger partial charge in [-0.1, -0.05) is 6.07 Å². The fourth-order valence-electron chi connectivity index (χ4n) is 2.35. The molecule has 2 nitrogen and oxygen atoms in total. The summed E-state index contributed by atoms with van der Waals surface area (Å²) in [6.07, 6.45) is -0.203. The summed E-state index contributed by atoms with van der Waals surface area (Å²) in [5.41, 5.74) is 0.726. The van der Waals surface area contributed by atoms with E-state index in [-0.39, 0.29) is 11.7 Å². The zero-order valence-corrected chi connectivity index (χ0v) is 10.1. The van der Waals surface area contributed by atoms with Gasteiger partial charge in [0.1, 0.15) is 6.17 Å². The second-order valence-electron chi connectivity index (χ2n) is 4.57. The monoisotopic (exact) mass is 241 g/mol. The molecule has 0 saturated carbocycles. The highest BCUT2D eigenvalue weighted by Gasteiger charge is 2.29. The molecule has 4 heteroatoms. The molecule has 0 radical (unpaired) electrons. The lowest BCUT2D eigenvalue weighted by Crippen LogP contribution is -2.38. The molecule has 0 aliphatic carbocycles. The quantitative estimate of drug-likeness (QED) is 0.789. The van der Waals surface area contributed by atoms with E-state index in [9.17, 15) is 8.78 Å². The number of alkyl halides is 1. The van der Waals surface area contributed by atoms with Gasteiger partial charge in [0, 0.05) is 12.5 Å². The molecule has 0 bridgehead atoms. The lowest BCUT2D eigenvalue weighted by atomic mass is 9.88. The van der Waals surface area contributed by atoms with Crippen LogP contribution in [0.1, 0.15) is 17.9 Å². The fourth-order valence-corrected chi connectivity index (χ4v) is 2.35. The van der Waals surface area contributed by atoms with Gasteiger partial charge < -0.3 is 9.64 Å². The highest BCUT2D eigenvalue weighted by atomic mass is 19.1. The maximum absolute atomic E-state index is 13.9. The minimum absolute atomic E-state index is 0.202. The second kappa shape index (κ2) is 5.00. The summed E-state index contributed by atoms with van der Waals surface area (Å²) in [6, 6.07) is 4.71. The van der Waals surface area contributed by atoms with Gasteiger partial charge in [0.05, 0.1) is 7.11 Å². The lowest BCUT2D eigenvalue weighted by Gasteiger charge is -2.32. The third kappa shape index (κ3) is 2.57. The van der Waals surface area contributed by atoms with E-state index in [0.717, 1.165) is 18.5 Å². The van der Waals surface area contributed by atoms with Gasteiger partial charge in [0.2, 0.25) is 0 Å². The summed E-state index contributed by atoms with van der Waals surface area (Å²) in [5, 5.41) is 0. The van der Waals surface area contributed by atoms with Gasteiger partial charge in [-0.25, -0.2) is 8.78 Å². The molecule has 94 valence electrons. The Morgan fingerprint density at radius 3 is 2.76 bits per heavy atom. The van der Waals surface area contributed by atoms with Gasteiger partial charge in [-0.3, -0.25) is 0 Å². The first-order chi connectivity index (χ1) is 8.11. The van der Waals surface area contributed by atoms with Crippen LogP contribution in [0.2, 0.25) is 0 Å². The minimum atomic E-state index is -0.929. The van der Waals surface area contributed by atoms with Crippen molar-refractivity contribution in [2.24, 2.45) is 0 Å². The third-order valence-electron chi connectivity index (χ3n) is 3.35. The molecule has 1 heterocycles. The highest BCUT2D eigenvalue weighted by molar-refractivity contribution is 5.32. The molecule has 0 amide bonds. The first-order valence-corrected chi connectivity index (χ1v) is 5.78. The van der Waals surface area contributed by atoms with Crippen LogP contribution in [0.4, 0.5) is 8.78 Å². The molecule has 2 atom stereocenters. The molecule has 1 saturated heterocycles. The molecule has 0 aromatic heterocycles. The van der Waals surface area contributed by atoms with Gasteiger partial charge in [0.25, 0.3) is 0 Å². The summed E-state index contributed by atoms with van der Waals surface area (Å²) in [5.74, 6) is -0.417. The van der Waals surface area contributed by atoms with Crippen LogP contribution < -0.4 is 4.74 Å². The summed E-state index contributed by atoms with van der Waals surface area (Å²) in [7, 11) is 3.32. The van der Waals surface area contributed by atoms with Gasteiger partial charge in [-0.2, -0.15) is 0 Å². The molecule has 1 aromatic carbocycles. The average molecular weight is 241 g/mol. The Kier molecular flexibility index (Phi) is 3.62. The number of piperidine rings is 1. The molecule has 1 aliphatic rings. The summed E-state index contributed by atoms with van der Waals surface area (Å²) in [4.78, 5) is 1.96. The molecular weight excluding hydrogens is 224 g/mol. The van der Waals surface area contributed by atoms with Crippen molar-refractivity contribution in [3.63, 3.8) is 0 Å². The number of methoxy groups -OCH3 is 1. The average Bonchev–Trinajstić information content (AvgIpc) is 2.29. The zero-order chi connectivity index (χ0) is 12.4. The van der Waals surface area contributed by atoms with E-state index < -0.39 is 12.0 Å². The van der Waals surface area contributed by atoms with Crippen LogP contribution in [-0.2, 0) is 0 Å². The third-order valence-corrected chi connectivity index (χ3v) is 3.35. The van der Waals surface area contributed by atoms with Gasteiger partial charge >= 0.3 is 0 Å². The highest BCUT2D eigenvalue weighted by Crippen LogP contribution is 2.32. The first kappa shape index (κ1) is 12.3. The number of benzene rings is 1. The molecular formula is C13H17F2NO. The van der Waals surface area contributed by atoms with E-state index in [1.165, 1.54) is 13.2 Å². The van der Waals surface area contributed by atoms with Crippen LogP contribution in [0, 0.1) is 5.82 Å². The second-order valence-corrected chi connectivity index (χ2v) is 4.57. The minimum Gasteiger partial charge on any atom is -0.494 e. The van der Waals surface area contributed by atoms with Crippen molar-refractivity contribution < 1.29 is 13.5 Å². The van der Waals surface area contributed by atoms with Crippen LogP contribution in [0.5, 0.6) is 5.75 Å². The summed E-state index contributed by atoms with van der Waals surface area (Å²) in [6.45, 7) is 1.26. The van der Waals surface area contributed by atoms with E-state index in [2.05, 4.69) is 0 Å². The van der Waals surface area contributed by atoms with E-state index in [1.807, 2.05) is 11.9 Å². The van der Waals surface area contributed by atoms with Crippen LogP contribution >= 0.6 is 0 Å². The van der Waals surface area contributed by atoms with Gasteiger partial charge in [-0.15, -0.1) is 0 Å². The molecule has 1 aromatic rings. The van der Waals surface area contributed by atoms with Crippen molar-refractivity contribution in [3.05, 3.63) is 29.6 Å². The van der Waals surface area contributed by atoms with Crippen molar-refractivity contribution >= 4 is 0 Å². The maximum atomic E-state index is 13.9. The Morgan fingerprint density at radius 2 is 2.18 bits per heavy atom. The Labute approximate surface area is 100 Å². The predicted molar refractivity (Wildman–Crippen MR) is 62.7 cm³/mol. The van der Waals surface area contributed by atoms with E-state index >= 15 is 0 Å². The first-order valence-electron chi connectivity index (χ1n) is 5.78. The normalized spacial score (nSPS) is 25.9. The van der Waals surface area contributed by atoms with Crippen molar-refractivity contribution in [2.75, 3.05) is 27.2 Å². The summed E-state index contributed by atoms with van der Waals surface area (Å²) >= 11 is 0. The number of nitrogens with zero attached hydrogens (tertiary/aromatic N) is 1. The van der Waals surface area contributed by atoms with Crippen LogP contribution in [-0.4, -0.2) is 38.3 Å². The lowest BCUT2D eigenvalue weighted by molar-refractivity contribution is 0.139. The number of halogens is 2. The largest absolute Gasteiger partial charge is 0.494 e. The summed E-state index contributed by atoms with van der Waals surface area (Å²) < 4.78 is 32.3. The molecule has 0 N–H and O–H groups in total. The van der Waals surface area contributed by atoms with Crippen molar-refractivity contribution in [1.82, 2.24) is 4.90 Å². The smallest absolute Gasteiger partial charge is 0.165 e. The maximum Gasteiger partial charge on any atom is 0.165 e. The number of likely N-dealkylation sites (tertiary alicyclic amines) is 1. The molecule has 17 heavy (non-hydrogen) atoms. The topological polar surface area (TPSA) is 12.5 Å². The van der Waals surface area contributed by atoms with E-state index in [4.69, 9.17) is 4.74 Å². The van der Waals surface area contributed by atoms with E-state index in [0.29, 0.717) is 6.54 Å². The molecule has 0 spiro atoms. The van der Waals surface area contributed by atoms with Crippen LogP contribution in [0.3, 0.4) is 0 Å². The number of hydrogen-bond acceptors (Lipinski definition) is 2. The van der Waals surface area contributed by atoms with E-state index in [1.54, 1.807) is 12.1 Å². The molecule has 1 fully saturated rings.